The monoisotopic (exact) mass is 282 g/mol. The van der Waals surface area contributed by atoms with Gasteiger partial charge in [-0.3, -0.25) is 9.69 Å². The second-order valence-corrected chi connectivity index (χ2v) is 5.89. The maximum absolute atomic E-state index is 12.2. The highest BCUT2D eigenvalue weighted by molar-refractivity contribution is 5.79. The van der Waals surface area contributed by atoms with Gasteiger partial charge in [0.05, 0.1) is 6.04 Å². The summed E-state index contributed by atoms with van der Waals surface area (Å²) in [5.41, 5.74) is 5.31. The van der Waals surface area contributed by atoms with Crippen LogP contribution in [0.5, 0.6) is 0 Å². The smallest absolute Gasteiger partial charge is 0.317 e. The van der Waals surface area contributed by atoms with Gasteiger partial charge in [0.2, 0.25) is 5.91 Å². The summed E-state index contributed by atoms with van der Waals surface area (Å²) in [4.78, 5) is 27.2. The highest BCUT2D eigenvalue weighted by Gasteiger charge is 2.27. The quantitative estimate of drug-likeness (QED) is 0.792. The van der Waals surface area contributed by atoms with Crippen LogP contribution in [0.25, 0.3) is 0 Å². The van der Waals surface area contributed by atoms with Gasteiger partial charge in [-0.2, -0.15) is 0 Å². The lowest BCUT2D eigenvalue weighted by Crippen LogP contribution is -2.57. The van der Waals surface area contributed by atoms with Gasteiger partial charge >= 0.3 is 6.03 Å². The Morgan fingerprint density at radius 2 is 1.70 bits per heavy atom. The number of nitrogens with one attached hydrogen (secondary N) is 1. The van der Waals surface area contributed by atoms with Gasteiger partial charge in [0.1, 0.15) is 0 Å². The molecule has 0 aromatic heterocycles. The molecule has 6 nitrogen and oxygen atoms in total. The molecule has 0 aromatic rings. The van der Waals surface area contributed by atoms with E-state index in [1.807, 2.05) is 16.7 Å². The fraction of sp³-hybridized carbons (Fsp3) is 0.857. The molecule has 2 fully saturated rings. The van der Waals surface area contributed by atoms with E-state index in [1.165, 1.54) is 19.3 Å². The SMILES string of the molecule is CC(C(N)=O)N1CCN(C(=O)NC2CCCCC2)CC1. The molecular formula is C14H26N4O2. The van der Waals surface area contributed by atoms with Crippen LogP contribution in [0, 0.1) is 0 Å². The minimum Gasteiger partial charge on any atom is -0.368 e. The minimum atomic E-state index is -0.301. The summed E-state index contributed by atoms with van der Waals surface area (Å²) >= 11 is 0. The van der Waals surface area contributed by atoms with Crippen molar-refractivity contribution in [1.29, 1.82) is 0 Å². The van der Waals surface area contributed by atoms with Crippen LogP contribution in [0.15, 0.2) is 0 Å². The standard InChI is InChI=1S/C14H26N4O2/c1-11(13(15)19)17-7-9-18(10-8-17)14(20)16-12-5-3-2-4-6-12/h11-12H,2-10H2,1H3,(H2,15,19)(H,16,20). The normalized spacial score (nSPS) is 23.4. The molecule has 2 rings (SSSR count). The predicted octanol–water partition coefficient (Wildman–Crippen LogP) is 0.520. The van der Waals surface area contributed by atoms with Gasteiger partial charge in [-0.1, -0.05) is 19.3 Å². The first-order chi connectivity index (χ1) is 9.58. The first kappa shape index (κ1) is 15.1. The van der Waals surface area contributed by atoms with E-state index >= 15 is 0 Å². The minimum absolute atomic E-state index is 0.0447. The van der Waals surface area contributed by atoms with Crippen molar-refractivity contribution in [1.82, 2.24) is 15.1 Å². The van der Waals surface area contributed by atoms with E-state index in [9.17, 15) is 9.59 Å². The fourth-order valence-corrected chi connectivity index (χ4v) is 3.01. The summed E-state index contributed by atoms with van der Waals surface area (Å²) in [6.07, 6.45) is 5.93. The molecule has 1 saturated heterocycles. The molecule has 1 unspecified atom stereocenters. The van der Waals surface area contributed by atoms with Crippen molar-refractivity contribution in [2.75, 3.05) is 26.2 Å². The Morgan fingerprint density at radius 3 is 2.25 bits per heavy atom. The molecule has 3 N–H and O–H groups in total. The van der Waals surface area contributed by atoms with Crippen molar-refractivity contribution in [3.63, 3.8) is 0 Å². The summed E-state index contributed by atoms with van der Waals surface area (Å²) < 4.78 is 0. The highest BCUT2D eigenvalue weighted by Crippen LogP contribution is 2.17. The van der Waals surface area contributed by atoms with Crippen LogP contribution in [-0.2, 0) is 4.79 Å². The highest BCUT2D eigenvalue weighted by atomic mass is 16.2. The van der Waals surface area contributed by atoms with E-state index in [0.29, 0.717) is 32.2 Å². The van der Waals surface area contributed by atoms with Gasteiger partial charge in [-0.05, 0) is 19.8 Å². The molecule has 0 spiro atoms. The zero-order valence-electron chi connectivity index (χ0n) is 12.3. The Labute approximate surface area is 120 Å². The molecule has 1 aliphatic carbocycles. The maximum Gasteiger partial charge on any atom is 0.317 e. The molecule has 114 valence electrons. The zero-order valence-corrected chi connectivity index (χ0v) is 12.3. The molecule has 1 heterocycles. The molecule has 0 aromatic carbocycles. The van der Waals surface area contributed by atoms with Gasteiger partial charge in [0, 0.05) is 32.2 Å². The molecule has 0 bridgehead atoms. The fourth-order valence-electron chi connectivity index (χ4n) is 3.01. The second kappa shape index (κ2) is 6.92. The number of hydrogen-bond acceptors (Lipinski definition) is 3. The lowest BCUT2D eigenvalue weighted by Gasteiger charge is -2.37. The lowest BCUT2D eigenvalue weighted by atomic mass is 9.96. The van der Waals surface area contributed by atoms with Gasteiger partial charge in [0.15, 0.2) is 0 Å². The summed E-state index contributed by atoms with van der Waals surface area (Å²) in [6, 6.07) is 0.139. The van der Waals surface area contributed by atoms with Crippen LogP contribution < -0.4 is 11.1 Å². The average Bonchev–Trinajstić information content (AvgIpc) is 2.47. The Balaban J connectivity index is 1.75. The lowest BCUT2D eigenvalue weighted by molar-refractivity contribution is -0.123. The summed E-state index contributed by atoms with van der Waals surface area (Å²) in [5.74, 6) is -0.301. The van der Waals surface area contributed by atoms with Crippen LogP contribution >= 0.6 is 0 Å². The van der Waals surface area contributed by atoms with Crippen LogP contribution in [0.1, 0.15) is 39.0 Å². The van der Waals surface area contributed by atoms with Crippen molar-refractivity contribution >= 4 is 11.9 Å². The first-order valence-corrected chi connectivity index (χ1v) is 7.66. The number of rotatable bonds is 3. The van der Waals surface area contributed by atoms with Gasteiger partial charge < -0.3 is 16.0 Å². The molecule has 1 atom stereocenters. The number of primary amides is 1. The van der Waals surface area contributed by atoms with Crippen molar-refractivity contribution in [3.8, 4) is 0 Å². The Hall–Kier alpha value is -1.30. The third-order valence-corrected chi connectivity index (χ3v) is 4.49. The largest absolute Gasteiger partial charge is 0.368 e. The van der Waals surface area contributed by atoms with E-state index in [0.717, 1.165) is 12.8 Å². The van der Waals surface area contributed by atoms with Gasteiger partial charge in [-0.15, -0.1) is 0 Å². The zero-order chi connectivity index (χ0) is 14.5. The first-order valence-electron chi connectivity index (χ1n) is 7.66. The number of urea groups is 1. The molecule has 3 amide bonds. The molecule has 1 aliphatic heterocycles. The third-order valence-electron chi connectivity index (χ3n) is 4.49. The van der Waals surface area contributed by atoms with Crippen molar-refractivity contribution in [2.45, 2.75) is 51.1 Å². The average molecular weight is 282 g/mol. The third kappa shape index (κ3) is 3.85. The summed E-state index contributed by atoms with van der Waals surface area (Å²) in [6.45, 7) is 4.57. The van der Waals surface area contributed by atoms with Crippen molar-refractivity contribution < 1.29 is 9.59 Å². The number of nitrogens with zero attached hydrogens (tertiary/aromatic N) is 2. The predicted molar refractivity (Wildman–Crippen MR) is 77.2 cm³/mol. The molecular weight excluding hydrogens is 256 g/mol. The number of amides is 3. The van der Waals surface area contributed by atoms with E-state index < -0.39 is 0 Å². The van der Waals surface area contributed by atoms with Crippen LogP contribution in [0.3, 0.4) is 0 Å². The van der Waals surface area contributed by atoms with Crippen LogP contribution in [-0.4, -0.2) is 60.0 Å². The van der Waals surface area contributed by atoms with E-state index in [1.54, 1.807) is 0 Å². The topological polar surface area (TPSA) is 78.7 Å². The van der Waals surface area contributed by atoms with Crippen molar-refractivity contribution in [3.05, 3.63) is 0 Å². The van der Waals surface area contributed by atoms with Crippen LogP contribution in [0.4, 0.5) is 4.79 Å². The number of hydrogen-bond donors (Lipinski definition) is 2. The van der Waals surface area contributed by atoms with Crippen molar-refractivity contribution in [2.24, 2.45) is 5.73 Å². The summed E-state index contributed by atoms with van der Waals surface area (Å²) in [5, 5.41) is 3.13. The molecule has 20 heavy (non-hydrogen) atoms. The number of nitrogens with two attached hydrogens (primary N) is 1. The Morgan fingerprint density at radius 1 is 1.10 bits per heavy atom. The Kier molecular flexibility index (Phi) is 5.23. The number of piperazine rings is 1. The van der Waals surface area contributed by atoms with Gasteiger partial charge in [-0.25, -0.2) is 4.79 Å². The van der Waals surface area contributed by atoms with E-state index in [4.69, 9.17) is 5.73 Å². The molecule has 1 saturated carbocycles. The Bertz CT molecular complexity index is 347. The van der Waals surface area contributed by atoms with Crippen LogP contribution in [0.2, 0.25) is 0 Å². The molecule has 0 radical (unpaired) electrons. The summed E-state index contributed by atoms with van der Waals surface area (Å²) in [7, 11) is 0. The van der Waals surface area contributed by atoms with E-state index in [-0.39, 0.29) is 18.0 Å². The second-order valence-electron chi connectivity index (χ2n) is 5.89. The van der Waals surface area contributed by atoms with E-state index in [2.05, 4.69) is 5.32 Å². The maximum atomic E-state index is 12.2. The number of carbonyl (C=O) groups excluding carboxylic acids is 2. The molecule has 2 aliphatic rings. The number of carbonyl (C=O) groups is 2. The van der Waals surface area contributed by atoms with Gasteiger partial charge in [0.25, 0.3) is 0 Å². The molecule has 6 heteroatoms.